The van der Waals surface area contributed by atoms with Gasteiger partial charge in [0.2, 0.25) is 0 Å². The molecule has 3 unspecified atom stereocenters. The van der Waals surface area contributed by atoms with Crippen molar-refractivity contribution < 1.29 is 5.11 Å². The first-order valence-electron chi connectivity index (χ1n) is 6.55. The van der Waals surface area contributed by atoms with E-state index in [1.165, 1.54) is 25.7 Å². The molecule has 2 N–H and O–H groups in total. The number of hydrogen-bond acceptors (Lipinski definition) is 2. The minimum atomic E-state index is -0.361. The highest BCUT2D eigenvalue weighted by atomic mass is 16.3. The van der Waals surface area contributed by atoms with E-state index in [2.05, 4.69) is 19.2 Å². The van der Waals surface area contributed by atoms with Crippen LogP contribution in [0.25, 0.3) is 0 Å². The van der Waals surface area contributed by atoms with Gasteiger partial charge in [0.05, 0.1) is 5.60 Å². The lowest BCUT2D eigenvalue weighted by atomic mass is 9.77. The van der Waals surface area contributed by atoms with Crippen LogP contribution in [-0.4, -0.2) is 23.3 Å². The monoisotopic (exact) mass is 211 g/mol. The van der Waals surface area contributed by atoms with Crippen LogP contribution in [0.15, 0.2) is 0 Å². The highest BCUT2D eigenvalue weighted by Gasteiger charge is 2.35. The van der Waals surface area contributed by atoms with Gasteiger partial charge in [0.25, 0.3) is 0 Å². The molecule has 0 bridgehead atoms. The number of rotatable bonds is 3. The third-order valence-electron chi connectivity index (χ3n) is 4.44. The first kappa shape index (κ1) is 11.4. The molecule has 0 saturated heterocycles. The predicted octanol–water partition coefficient (Wildman–Crippen LogP) is 2.32. The van der Waals surface area contributed by atoms with Gasteiger partial charge in [0.15, 0.2) is 0 Å². The average molecular weight is 211 g/mol. The molecule has 0 aromatic heterocycles. The summed E-state index contributed by atoms with van der Waals surface area (Å²) in [5, 5.41) is 13.6. The number of hydrogen-bond donors (Lipinski definition) is 2. The Morgan fingerprint density at radius 3 is 2.60 bits per heavy atom. The summed E-state index contributed by atoms with van der Waals surface area (Å²) in [4.78, 5) is 0. The molecule has 2 nitrogen and oxygen atoms in total. The quantitative estimate of drug-likeness (QED) is 0.751. The van der Waals surface area contributed by atoms with Crippen molar-refractivity contribution in [3.63, 3.8) is 0 Å². The van der Waals surface area contributed by atoms with Gasteiger partial charge in [-0.3, -0.25) is 0 Å². The molecule has 0 amide bonds. The van der Waals surface area contributed by atoms with Crippen molar-refractivity contribution in [2.75, 3.05) is 6.54 Å². The van der Waals surface area contributed by atoms with Crippen LogP contribution in [-0.2, 0) is 0 Å². The van der Waals surface area contributed by atoms with Crippen molar-refractivity contribution in [1.29, 1.82) is 0 Å². The van der Waals surface area contributed by atoms with Crippen LogP contribution >= 0.6 is 0 Å². The van der Waals surface area contributed by atoms with Crippen molar-refractivity contribution in [2.45, 2.75) is 64.0 Å². The molecule has 2 aliphatic rings. The molecule has 0 radical (unpaired) electrons. The fourth-order valence-electron chi connectivity index (χ4n) is 2.90. The molecule has 15 heavy (non-hydrogen) atoms. The Morgan fingerprint density at radius 1 is 1.27 bits per heavy atom. The lowest BCUT2D eigenvalue weighted by Crippen LogP contribution is -2.51. The lowest BCUT2D eigenvalue weighted by molar-refractivity contribution is -0.0358. The smallest absolute Gasteiger partial charge is 0.0771 e. The van der Waals surface area contributed by atoms with Crippen molar-refractivity contribution in [1.82, 2.24) is 5.32 Å². The van der Waals surface area contributed by atoms with Crippen LogP contribution < -0.4 is 5.32 Å². The maximum atomic E-state index is 10.0. The summed E-state index contributed by atoms with van der Waals surface area (Å²) in [6.45, 7) is 5.50. The summed E-state index contributed by atoms with van der Waals surface area (Å²) in [6.07, 6.45) is 7.21. The van der Waals surface area contributed by atoms with Gasteiger partial charge < -0.3 is 10.4 Å². The van der Waals surface area contributed by atoms with Crippen LogP contribution in [0.1, 0.15) is 52.4 Å². The van der Waals surface area contributed by atoms with E-state index in [1.54, 1.807) is 0 Å². The van der Waals surface area contributed by atoms with E-state index in [1.807, 2.05) is 0 Å². The van der Waals surface area contributed by atoms with Crippen molar-refractivity contribution >= 4 is 0 Å². The zero-order chi connectivity index (χ0) is 10.9. The van der Waals surface area contributed by atoms with Crippen LogP contribution in [0.4, 0.5) is 0 Å². The SMILES string of the molecule is CC1CCC(C)C(NCC2(O)CCC2)C1. The maximum absolute atomic E-state index is 10.0. The Morgan fingerprint density at radius 2 is 2.00 bits per heavy atom. The first-order chi connectivity index (χ1) is 7.09. The van der Waals surface area contributed by atoms with Crippen molar-refractivity contribution in [3.8, 4) is 0 Å². The summed E-state index contributed by atoms with van der Waals surface area (Å²) in [5.74, 6) is 1.64. The van der Waals surface area contributed by atoms with E-state index in [0.29, 0.717) is 6.04 Å². The molecular weight excluding hydrogens is 186 g/mol. The third-order valence-corrected chi connectivity index (χ3v) is 4.44. The van der Waals surface area contributed by atoms with Gasteiger partial charge >= 0.3 is 0 Å². The minimum Gasteiger partial charge on any atom is -0.389 e. The molecule has 0 spiro atoms. The maximum Gasteiger partial charge on any atom is 0.0771 e. The molecule has 2 rings (SSSR count). The molecule has 88 valence electrons. The van der Waals surface area contributed by atoms with E-state index in [-0.39, 0.29) is 5.60 Å². The summed E-state index contributed by atoms with van der Waals surface area (Å²) < 4.78 is 0. The second kappa shape index (κ2) is 4.42. The molecule has 0 aromatic carbocycles. The molecular formula is C13H25NO. The summed E-state index contributed by atoms with van der Waals surface area (Å²) in [6, 6.07) is 0.637. The zero-order valence-corrected chi connectivity index (χ0v) is 10.1. The van der Waals surface area contributed by atoms with Gasteiger partial charge in [-0.05, 0) is 43.9 Å². The van der Waals surface area contributed by atoms with Crippen LogP contribution in [0.5, 0.6) is 0 Å². The Hall–Kier alpha value is -0.0800. The van der Waals surface area contributed by atoms with Crippen molar-refractivity contribution in [3.05, 3.63) is 0 Å². The van der Waals surface area contributed by atoms with Gasteiger partial charge in [-0.2, -0.15) is 0 Å². The van der Waals surface area contributed by atoms with Gasteiger partial charge in [-0.25, -0.2) is 0 Å². The first-order valence-corrected chi connectivity index (χ1v) is 6.55. The normalized spacial score (nSPS) is 39.8. The molecule has 0 aromatic rings. The standard InChI is InChI=1S/C13H25NO/c1-10-4-5-11(2)12(8-10)14-9-13(15)6-3-7-13/h10-12,14-15H,3-9H2,1-2H3. The fourth-order valence-corrected chi connectivity index (χ4v) is 2.90. The number of nitrogens with one attached hydrogen (secondary N) is 1. The van der Waals surface area contributed by atoms with E-state index < -0.39 is 0 Å². The van der Waals surface area contributed by atoms with E-state index >= 15 is 0 Å². The highest BCUT2D eigenvalue weighted by Crippen LogP contribution is 2.32. The molecule has 0 heterocycles. The Balaban J connectivity index is 1.77. The molecule has 3 atom stereocenters. The topological polar surface area (TPSA) is 32.3 Å². The fraction of sp³-hybridized carbons (Fsp3) is 1.00. The Bertz CT molecular complexity index is 213. The van der Waals surface area contributed by atoms with Gasteiger partial charge in [0, 0.05) is 12.6 Å². The molecule has 0 aliphatic heterocycles. The Kier molecular flexibility index (Phi) is 3.36. The molecule has 2 saturated carbocycles. The Labute approximate surface area is 93.5 Å². The van der Waals surface area contributed by atoms with E-state index in [9.17, 15) is 5.11 Å². The van der Waals surface area contributed by atoms with E-state index in [4.69, 9.17) is 0 Å². The lowest BCUT2D eigenvalue weighted by Gasteiger charge is -2.40. The van der Waals surface area contributed by atoms with Crippen molar-refractivity contribution in [2.24, 2.45) is 11.8 Å². The van der Waals surface area contributed by atoms with E-state index in [0.717, 1.165) is 31.2 Å². The summed E-state index contributed by atoms with van der Waals surface area (Å²) in [7, 11) is 0. The minimum absolute atomic E-state index is 0.361. The summed E-state index contributed by atoms with van der Waals surface area (Å²) >= 11 is 0. The van der Waals surface area contributed by atoms with Crippen LogP contribution in [0, 0.1) is 11.8 Å². The largest absolute Gasteiger partial charge is 0.389 e. The highest BCUT2D eigenvalue weighted by molar-refractivity contribution is 4.92. The molecule has 2 aliphatic carbocycles. The van der Waals surface area contributed by atoms with Crippen LogP contribution in [0.2, 0.25) is 0 Å². The number of aliphatic hydroxyl groups is 1. The second-order valence-electron chi connectivity index (χ2n) is 5.96. The van der Waals surface area contributed by atoms with Gasteiger partial charge in [-0.1, -0.05) is 20.3 Å². The van der Waals surface area contributed by atoms with Gasteiger partial charge in [-0.15, -0.1) is 0 Å². The predicted molar refractivity (Wildman–Crippen MR) is 62.8 cm³/mol. The average Bonchev–Trinajstić information content (AvgIpc) is 2.17. The zero-order valence-electron chi connectivity index (χ0n) is 10.1. The molecule has 2 heteroatoms. The second-order valence-corrected chi connectivity index (χ2v) is 5.96. The third kappa shape index (κ3) is 2.73. The van der Waals surface area contributed by atoms with Crippen LogP contribution in [0.3, 0.4) is 0 Å². The van der Waals surface area contributed by atoms with Gasteiger partial charge in [0.1, 0.15) is 0 Å². The molecule has 2 fully saturated rings. The summed E-state index contributed by atoms with van der Waals surface area (Å²) in [5.41, 5.74) is -0.361.